The minimum absolute atomic E-state index is 0.197. The first-order valence-corrected chi connectivity index (χ1v) is 12.2. The van der Waals surface area contributed by atoms with Gasteiger partial charge in [0.25, 0.3) is 0 Å². The van der Waals surface area contributed by atoms with Gasteiger partial charge in [-0.2, -0.15) is 0 Å². The number of hydrogen-bond acceptors (Lipinski definition) is 3. The van der Waals surface area contributed by atoms with Crippen molar-refractivity contribution in [3.63, 3.8) is 0 Å². The third-order valence-electron chi connectivity index (χ3n) is 7.46. The Kier molecular flexibility index (Phi) is 6.37. The molecule has 0 aromatic heterocycles. The summed E-state index contributed by atoms with van der Waals surface area (Å²) in [5.74, 6) is 0.506. The standard InChI is InChI=1S/C27H35N3O/c31-27(21-26-24-11-4-2-9-22(24)23-10-3-5-12-25(23)26)30-19-17-29(18-20-30)16-8-15-28-13-6-1-7-14-28/h2-5,9-12,26H,1,6-8,13-21H2. The van der Waals surface area contributed by atoms with E-state index in [2.05, 4.69) is 63.2 Å². The highest BCUT2D eigenvalue weighted by Crippen LogP contribution is 2.46. The SMILES string of the molecule is O=C(CC1c2ccccc2-c2ccccc21)N1CCN(CCCN2CCCCC2)CC1. The van der Waals surface area contributed by atoms with Crippen molar-refractivity contribution in [1.29, 1.82) is 0 Å². The lowest BCUT2D eigenvalue weighted by molar-refractivity contribution is -0.133. The summed E-state index contributed by atoms with van der Waals surface area (Å²) in [5, 5.41) is 0. The molecule has 3 aliphatic rings. The molecular formula is C27H35N3O. The highest BCUT2D eigenvalue weighted by atomic mass is 16.2. The van der Waals surface area contributed by atoms with E-state index in [1.54, 1.807) is 0 Å². The highest BCUT2D eigenvalue weighted by Gasteiger charge is 2.31. The number of carbonyl (C=O) groups excluding carboxylic acids is 1. The molecule has 2 aromatic rings. The smallest absolute Gasteiger partial charge is 0.223 e. The van der Waals surface area contributed by atoms with Gasteiger partial charge in [-0.3, -0.25) is 9.69 Å². The lowest BCUT2D eigenvalue weighted by Crippen LogP contribution is -2.49. The summed E-state index contributed by atoms with van der Waals surface area (Å²) >= 11 is 0. The van der Waals surface area contributed by atoms with E-state index in [-0.39, 0.29) is 5.92 Å². The van der Waals surface area contributed by atoms with Crippen LogP contribution in [0.2, 0.25) is 0 Å². The highest BCUT2D eigenvalue weighted by molar-refractivity contribution is 5.84. The van der Waals surface area contributed by atoms with E-state index in [4.69, 9.17) is 0 Å². The topological polar surface area (TPSA) is 26.8 Å². The fraction of sp³-hybridized carbons (Fsp3) is 0.519. The Bertz CT molecular complexity index is 851. The fourth-order valence-electron chi connectivity index (χ4n) is 5.71. The number of amides is 1. The first-order valence-electron chi connectivity index (χ1n) is 12.2. The molecule has 0 spiro atoms. The van der Waals surface area contributed by atoms with Crippen LogP contribution in [0.5, 0.6) is 0 Å². The average molecular weight is 418 g/mol. The number of rotatable bonds is 6. The summed E-state index contributed by atoms with van der Waals surface area (Å²) in [4.78, 5) is 20.5. The maximum Gasteiger partial charge on any atom is 0.223 e. The largest absolute Gasteiger partial charge is 0.340 e. The predicted octanol–water partition coefficient (Wildman–Crippen LogP) is 4.21. The van der Waals surface area contributed by atoms with Crippen molar-refractivity contribution in [2.45, 2.75) is 38.0 Å². The van der Waals surface area contributed by atoms with Crippen LogP contribution in [0.3, 0.4) is 0 Å². The second-order valence-corrected chi connectivity index (χ2v) is 9.41. The zero-order valence-electron chi connectivity index (χ0n) is 18.6. The van der Waals surface area contributed by atoms with Crippen LogP contribution < -0.4 is 0 Å². The van der Waals surface area contributed by atoms with Crippen molar-refractivity contribution in [3.8, 4) is 11.1 Å². The van der Waals surface area contributed by atoms with Crippen molar-refractivity contribution in [3.05, 3.63) is 59.7 Å². The van der Waals surface area contributed by atoms with Gasteiger partial charge in [0.15, 0.2) is 0 Å². The number of likely N-dealkylation sites (tertiary alicyclic amines) is 1. The Morgan fingerprint density at radius 3 is 1.87 bits per heavy atom. The molecule has 2 aliphatic heterocycles. The number of piperidine rings is 1. The number of benzene rings is 2. The van der Waals surface area contributed by atoms with Gasteiger partial charge in [-0.05, 0) is 67.7 Å². The monoisotopic (exact) mass is 417 g/mol. The van der Waals surface area contributed by atoms with E-state index >= 15 is 0 Å². The molecule has 0 N–H and O–H groups in total. The zero-order valence-corrected chi connectivity index (χ0v) is 18.6. The first kappa shape index (κ1) is 20.7. The average Bonchev–Trinajstić information content (AvgIpc) is 3.14. The van der Waals surface area contributed by atoms with E-state index in [1.165, 1.54) is 74.1 Å². The maximum atomic E-state index is 13.2. The number of nitrogens with zero attached hydrogens (tertiary/aromatic N) is 3. The Morgan fingerprint density at radius 2 is 1.26 bits per heavy atom. The molecule has 164 valence electrons. The third-order valence-corrected chi connectivity index (χ3v) is 7.46. The van der Waals surface area contributed by atoms with Gasteiger partial charge in [-0.15, -0.1) is 0 Å². The van der Waals surface area contributed by atoms with Crippen LogP contribution in [0.4, 0.5) is 0 Å². The Labute approximate surface area is 186 Å². The molecule has 2 heterocycles. The molecular weight excluding hydrogens is 382 g/mol. The second-order valence-electron chi connectivity index (χ2n) is 9.41. The van der Waals surface area contributed by atoms with Gasteiger partial charge >= 0.3 is 0 Å². The van der Waals surface area contributed by atoms with Gasteiger partial charge in [-0.25, -0.2) is 0 Å². The van der Waals surface area contributed by atoms with Crippen LogP contribution in [0.25, 0.3) is 11.1 Å². The molecule has 0 saturated carbocycles. The minimum atomic E-state index is 0.197. The summed E-state index contributed by atoms with van der Waals surface area (Å²) in [6.45, 7) is 8.76. The lowest BCUT2D eigenvalue weighted by Gasteiger charge is -2.36. The summed E-state index contributed by atoms with van der Waals surface area (Å²) in [6.07, 6.45) is 5.99. The molecule has 31 heavy (non-hydrogen) atoms. The molecule has 1 aliphatic carbocycles. The van der Waals surface area contributed by atoms with Crippen LogP contribution in [0.1, 0.15) is 49.1 Å². The lowest BCUT2D eigenvalue weighted by atomic mass is 9.93. The molecule has 0 radical (unpaired) electrons. The van der Waals surface area contributed by atoms with Crippen molar-refractivity contribution in [2.75, 3.05) is 52.4 Å². The summed E-state index contributed by atoms with van der Waals surface area (Å²) in [5.41, 5.74) is 5.23. The number of fused-ring (bicyclic) bond motifs is 3. The molecule has 2 saturated heterocycles. The summed E-state index contributed by atoms with van der Waals surface area (Å²) in [7, 11) is 0. The molecule has 2 aromatic carbocycles. The molecule has 4 heteroatoms. The fourth-order valence-corrected chi connectivity index (χ4v) is 5.71. The molecule has 0 unspecified atom stereocenters. The minimum Gasteiger partial charge on any atom is -0.340 e. The third kappa shape index (κ3) is 4.56. The van der Waals surface area contributed by atoms with Crippen LogP contribution in [-0.4, -0.2) is 73.0 Å². The Balaban J connectivity index is 1.13. The molecule has 4 nitrogen and oxygen atoms in total. The van der Waals surface area contributed by atoms with Crippen LogP contribution in [0, 0.1) is 0 Å². The van der Waals surface area contributed by atoms with E-state index in [0.29, 0.717) is 12.3 Å². The number of hydrogen-bond donors (Lipinski definition) is 0. The number of piperazine rings is 1. The van der Waals surface area contributed by atoms with E-state index in [9.17, 15) is 4.79 Å². The van der Waals surface area contributed by atoms with Crippen molar-refractivity contribution in [2.24, 2.45) is 0 Å². The van der Waals surface area contributed by atoms with Crippen molar-refractivity contribution < 1.29 is 4.79 Å². The molecule has 0 atom stereocenters. The van der Waals surface area contributed by atoms with Gasteiger partial charge < -0.3 is 9.80 Å². The van der Waals surface area contributed by atoms with Crippen LogP contribution >= 0.6 is 0 Å². The Morgan fingerprint density at radius 1 is 0.710 bits per heavy atom. The van der Waals surface area contributed by atoms with Crippen LogP contribution in [0.15, 0.2) is 48.5 Å². The molecule has 1 amide bonds. The summed E-state index contributed by atoms with van der Waals surface area (Å²) in [6, 6.07) is 17.2. The normalized spacial score (nSPS) is 19.9. The summed E-state index contributed by atoms with van der Waals surface area (Å²) < 4.78 is 0. The molecule has 2 fully saturated rings. The molecule has 5 rings (SSSR count). The van der Waals surface area contributed by atoms with Gasteiger partial charge in [0, 0.05) is 38.5 Å². The maximum absolute atomic E-state index is 13.2. The first-order chi connectivity index (χ1) is 15.3. The van der Waals surface area contributed by atoms with Gasteiger partial charge in [0.05, 0.1) is 0 Å². The zero-order chi connectivity index (χ0) is 21.0. The quantitative estimate of drug-likeness (QED) is 0.704. The van der Waals surface area contributed by atoms with Crippen molar-refractivity contribution in [1.82, 2.24) is 14.7 Å². The Hall–Kier alpha value is -2.17. The van der Waals surface area contributed by atoms with E-state index in [1.807, 2.05) is 0 Å². The predicted molar refractivity (Wildman–Crippen MR) is 126 cm³/mol. The molecule has 0 bridgehead atoms. The van der Waals surface area contributed by atoms with E-state index < -0.39 is 0 Å². The van der Waals surface area contributed by atoms with Crippen LogP contribution in [-0.2, 0) is 4.79 Å². The number of carbonyl (C=O) groups is 1. The van der Waals surface area contributed by atoms with Gasteiger partial charge in [0.2, 0.25) is 5.91 Å². The van der Waals surface area contributed by atoms with Gasteiger partial charge in [-0.1, -0.05) is 55.0 Å². The van der Waals surface area contributed by atoms with Gasteiger partial charge in [0.1, 0.15) is 0 Å². The van der Waals surface area contributed by atoms with E-state index in [0.717, 1.165) is 26.2 Å². The van der Waals surface area contributed by atoms with Crippen molar-refractivity contribution >= 4 is 5.91 Å². The second kappa shape index (κ2) is 9.54.